The van der Waals surface area contributed by atoms with Crippen molar-refractivity contribution >= 4 is 35.6 Å². The summed E-state index contributed by atoms with van der Waals surface area (Å²) in [4.78, 5) is 0. The van der Waals surface area contributed by atoms with Crippen molar-refractivity contribution in [2.45, 2.75) is 0 Å². The summed E-state index contributed by atoms with van der Waals surface area (Å²) in [5, 5.41) is 0.400. The van der Waals surface area contributed by atoms with E-state index in [-0.39, 0.29) is 0 Å². The van der Waals surface area contributed by atoms with Crippen LogP contribution in [0.4, 0.5) is 0 Å². The van der Waals surface area contributed by atoms with Gasteiger partial charge in [0.1, 0.15) is 0 Å². The third-order valence-corrected chi connectivity index (χ3v) is 7.11. The average molecular weight is 220 g/mol. The number of hydrogen-bond donors (Lipinski definition) is 0. The van der Waals surface area contributed by atoms with Crippen molar-refractivity contribution in [1.82, 2.24) is 0 Å². The van der Waals surface area contributed by atoms with Gasteiger partial charge in [0.25, 0.3) is 0 Å². The first-order valence-electron chi connectivity index (χ1n) is 1.34. The molecule has 5 heavy (non-hydrogen) atoms. The molecule has 0 saturated heterocycles. The van der Waals surface area contributed by atoms with Crippen molar-refractivity contribution in [3.05, 3.63) is 0 Å². The van der Waals surface area contributed by atoms with Crippen LogP contribution in [0.1, 0.15) is 0 Å². The van der Waals surface area contributed by atoms with Crippen molar-refractivity contribution in [3.63, 3.8) is 0 Å². The largest absolute Gasteiger partial charge is 0.0890 e. The Balaban J connectivity index is 2.54. The van der Waals surface area contributed by atoms with Crippen LogP contribution in [0.2, 0.25) is 0 Å². The van der Waals surface area contributed by atoms with E-state index >= 15 is 0 Å². The zero-order chi connectivity index (χ0) is 4.28. The van der Waals surface area contributed by atoms with Gasteiger partial charge in [-0.3, -0.25) is 0 Å². The Kier molecular flexibility index (Phi) is 4.97. The van der Waals surface area contributed by atoms with E-state index in [0.717, 1.165) is 0 Å². The van der Waals surface area contributed by atoms with E-state index in [0.29, 0.717) is 5.25 Å². The number of halogens is 1. The molecule has 0 N–H and O–H groups in total. The maximum Gasteiger partial charge on any atom is -0.0221 e. The van der Waals surface area contributed by atoms with Crippen LogP contribution in [0.25, 0.3) is 0 Å². The molecule has 0 saturated carbocycles. The molecule has 0 aromatic heterocycles. The van der Waals surface area contributed by atoms with Crippen molar-refractivity contribution in [1.29, 1.82) is 0 Å². The summed E-state index contributed by atoms with van der Waals surface area (Å²) in [6.07, 6.45) is 0. The van der Waals surface area contributed by atoms with Crippen molar-refractivity contribution < 1.29 is 0 Å². The monoisotopic (exact) mass is 220 g/mol. The molecule has 0 fully saturated rings. The van der Waals surface area contributed by atoms with Gasteiger partial charge in [0.05, 0.1) is 0 Å². The van der Waals surface area contributed by atoms with E-state index in [2.05, 4.69) is 35.4 Å². The van der Waals surface area contributed by atoms with Crippen molar-refractivity contribution in [2.75, 3.05) is 13.3 Å². The summed E-state index contributed by atoms with van der Waals surface area (Å²) in [5.74, 6) is 0. The third-order valence-electron chi connectivity index (χ3n) is 0.308. The van der Waals surface area contributed by atoms with E-state index in [9.17, 15) is 0 Å². The quantitative estimate of drug-likeness (QED) is 0.470. The minimum absolute atomic E-state index is 0.400. The summed E-state index contributed by atoms with van der Waals surface area (Å²) in [7, 11) is 1.17. The first-order chi connectivity index (χ1) is 2.27. The average Bonchev–Trinajstić information content (AvgIpc) is 1.38. The van der Waals surface area contributed by atoms with Crippen molar-refractivity contribution in [2.24, 2.45) is 0 Å². The highest BCUT2D eigenvalue weighted by molar-refractivity contribution is 14.2. The molecule has 3 heteroatoms. The standard InChI is InChI=1S/C2H7IP2/c1-4-5(2)3/h4H,1-2H3. The Hall–Kier alpha value is 1.59. The highest BCUT2D eigenvalue weighted by Gasteiger charge is 1.80. The molecule has 0 amide bonds. The zero-order valence-corrected chi connectivity index (χ0v) is 7.38. The highest BCUT2D eigenvalue weighted by Crippen LogP contribution is 2.57. The molecule has 2 atom stereocenters. The maximum absolute atomic E-state index is 2.48. The smallest absolute Gasteiger partial charge is 0.0221 e. The van der Waals surface area contributed by atoms with Crippen LogP contribution < -0.4 is 0 Å². The lowest BCUT2D eigenvalue weighted by Crippen LogP contribution is -1.30. The second kappa shape index (κ2) is 3.77. The predicted octanol–water partition coefficient (Wildman–Crippen LogP) is 2.67. The molecular formula is C2H7IP2. The molecule has 0 radical (unpaired) electrons. The van der Waals surface area contributed by atoms with Gasteiger partial charge < -0.3 is 0 Å². The van der Waals surface area contributed by atoms with Crippen LogP contribution in [0.15, 0.2) is 0 Å². The van der Waals surface area contributed by atoms with Gasteiger partial charge in [0, 0.05) is 0 Å². The Bertz CT molecular complexity index is 21.6. The minimum atomic E-state index is 0.400. The fourth-order valence-corrected chi connectivity index (χ4v) is 0. The zero-order valence-electron chi connectivity index (χ0n) is 3.33. The lowest BCUT2D eigenvalue weighted by Gasteiger charge is -1.89. The molecule has 0 rings (SSSR count). The Morgan fingerprint density at radius 3 is 2.00 bits per heavy atom. The topological polar surface area (TPSA) is 0 Å². The van der Waals surface area contributed by atoms with Gasteiger partial charge in [-0.25, -0.2) is 0 Å². The number of hydrogen-bond acceptors (Lipinski definition) is 0. The van der Waals surface area contributed by atoms with Crippen LogP contribution in [0, 0.1) is 0 Å². The molecule has 0 nitrogen and oxygen atoms in total. The van der Waals surface area contributed by atoms with Gasteiger partial charge in [-0.2, -0.15) is 0 Å². The van der Waals surface area contributed by atoms with E-state index < -0.39 is 0 Å². The van der Waals surface area contributed by atoms with Crippen LogP contribution in [-0.4, -0.2) is 13.3 Å². The Labute approximate surface area is 49.0 Å². The van der Waals surface area contributed by atoms with E-state index in [4.69, 9.17) is 0 Å². The molecule has 2 unspecified atom stereocenters. The molecule has 0 aromatic rings. The fourth-order valence-electron chi connectivity index (χ4n) is 0. The predicted molar refractivity (Wildman–Crippen MR) is 41.1 cm³/mol. The van der Waals surface area contributed by atoms with E-state index in [1.165, 1.54) is 8.27 Å². The first-order valence-corrected chi connectivity index (χ1v) is 8.26. The van der Waals surface area contributed by atoms with E-state index in [1.54, 1.807) is 0 Å². The second-order valence-corrected chi connectivity index (χ2v) is 12.5. The Morgan fingerprint density at radius 1 is 1.80 bits per heavy atom. The minimum Gasteiger partial charge on any atom is -0.0890 e. The second-order valence-electron chi connectivity index (χ2n) is 0.701. The van der Waals surface area contributed by atoms with Gasteiger partial charge in [0.15, 0.2) is 0 Å². The maximum atomic E-state index is 2.48. The van der Waals surface area contributed by atoms with Crippen LogP contribution in [0.3, 0.4) is 0 Å². The summed E-state index contributed by atoms with van der Waals surface area (Å²) in [6.45, 7) is 4.53. The molecule has 0 heterocycles. The molecule has 0 aliphatic heterocycles. The molecule has 0 aromatic carbocycles. The number of rotatable bonds is 1. The molecular weight excluding hydrogens is 213 g/mol. The SMILES string of the molecule is CPP(C)I. The van der Waals surface area contributed by atoms with Gasteiger partial charge in [-0.15, -0.1) is 0 Å². The summed E-state index contributed by atoms with van der Waals surface area (Å²) in [6, 6.07) is 0. The highest BCUT2D eigenvalue weighted by atomic mass is 127. The fraction of sp³-hybridized carbons (Fsp3) is 1.00. The molecule has 0 spiro atoms. The normalized spacial score (nSPS) is 17.4. The summed E-state index contributed by atoms with van der Waals surface area (Å²) < 4.78 is 0. The van der Waals surface area contributed by atoms with Gasteiger partial charge in [0.2, 0.25) is 0 Å². The van der Waals surface area contributed by atoms with Crippen LogP contribution in [-0.2, 0) is 0 Å². The van der Waals surface area contributed by atoms with Gasteiger partial charge in [-0.05, 0) is 40.6 Å². The Morgan fingerprint density at radius 2 is 2.00 bits per heavy atom. The first kappa shape index (κ1) is 6.59. The molecule has 0 aliphatic carbocycles. The van der Waals surface area contributed by atoms with Crippen LogP contribution in [0.5, 0.6) is 0 Å². The van der Waals surface area contributed by atoms with Crippen molar-refractivity contribution in [3.8, 4) is 0 Å². The summed E-state index contributed by atoms with van der Waals surface area (Å²) >= 11 is 2.48. The lowest BCUT2D eigenvalue weighted by atomic mass is 12.0. The summed E-state index contributed by atoms with van der Waals surface area (Å²) in [5.41, 5.74) is 0. The molecule has 0 aliphatic rings. The van der Waals surface area contributed by atoms with Gasteiger partial charge in [-0.1, -0.05) is 8.27 Å². The van der Waals surface area contributed by atoms with Crippen LogP contribution >= 0.6 is 35.6 Å². The van der Waals surface area contributed by atoms with Gasteiger partial charge >= 0.3 is 0 Å². The molecule has 0 bridgehead atoms. The van der Waals surface area contributed by atoms with E-state index in [1.807, 2.05) is 0 Å². The molecule has 32 valence electrons. The third kappa shape index (κ3) is 5.59. The lowest BCUT2D eigenvalue weighted by molar-refractivity contribution is 2.46.